The zero-order chi connectivity index (χ0) is 26.4. The maximum absolute atomic E-state index is 13.3. The van der Waals surface area contributed by atoms with Crippen LogP contribution < -0.4 is 20.9 Å². The number of aromatic amines is 1. The predicted molar refractivity (Wildman–Crippen MR) is 138 cm³/mol. The first kappa shape index (κ1) is 25.4. The number of rotatable bonds is 7. The first-order chi connectivity index (χ1) is 17.8. The molecule has 0 saturated carbocycles. The zero-order valence-electron chi connectivity index (χ0n) is 19.3. The average molecular weight is 520 g/mol. The minimum absolute atomic E-state index is 0.0218. The van der Waals surface area contributed by atoms with Crippen LogP contribution in [0.25, 0.3) is 16.1 Å². The Hall–Kier alpha value is -4.69. The maximum Gasteiger partial charge on any atom is 0.323 e. The van der Waals surface area contributed by atoms with Gasteiger partial charge in [-0.1, -0.05) is 36.0 Å². The lowest BCUT2D eigenvalue weighted by atomic mass is 10.1. The van der Waals surface area contributed by atoms with Crippen LogP contribution in [-0.2, 0) is 5.75 Å². The molecular weight excluding hydrogens is 500 g/mol. The number of hydrogen-bond donors (Lipinski definition) is 3. The summed E-state index contributed by atoms with van der Waals surface area (Å²) < 4.78 is 31.9. The molecule has 1 aromatic heterocycles. The summed E-state index contributed by atoms with van der Waals surface area (Å²) in [5, 5.41) is 5.31. The molecule has 11 heteroatoms. The van der Waals surface area contributed by atoms with Crippen molar-refractivity contribution in [2.45, 2.75) is 10.9 Å². The Bertz CT molecular complexity index is 1550. The third-order valence-electron chi connectivity index (χ3n) is 5.01. The molecule has 2 amide bonds. The van der Waals surface area contributed by atoms with E-state index in [-0.39, 0.29) is 17.1 Å². The van der Waals surface area contributed by atoms with E-state index in [2.05, 4.69) is 25.4 Å². The molecule has 0 aliphatic carbocycles. The molecule has 0 radical (unpaired) electrons. The third-order valence-corrected chi connectivity index (χ3v) is 5.95. The third kappa shape index (κ3) is 6.50. The van der Waals surface area contributed by atoms with E-state index in [1.54, 1.807) is 42.5 Å². The average Bonchev–Trinajstić information content (AvgIpc) is 2.86. The van der Waals surface area contributed by atoms with Gasteiger partial charge >= 0.3 is 6.03 Å². The first-order valence-electron chi connectivity index (χ1n) is 10.8. The van der Waals surface area contributed by atoms with Gasteiger partial charge in [0.05, 0.1) is 19.4 Å². The largest absolute Gasteiger partial charge is 0.497 e. The molecule has 8 nitrogen and oxygen atoms in total. The number of anilines is 2. The van der Waals surface area contributed by atoms with Gasteiger partial charge in [0.25, 0.3) is 11.2 Å². The van der Waals surface area contributed by atoms with Gasteiger partial charge in [0.1, 0.15) is 17.4 Å². The lowest BCUT2D eigenvalue weighted by molar-refractivity contribution is 0.262. The molecule has 0 aliphatic heterocycles. The predicted octanol–water partition coefficient (Wildman–Crippen LogP) is 6.21. The molecule has 0 unspecified atom stereocenters. The molecular formula is C26H19F2N5O3S. The molecule has 3 aromatic carbocycles. The van der Waals surface area contributed by atoms with E-state index < -0.39 is 23.2 Å². The lowest BCUT2D eigenvalue weighted by Crippen LogP contribution is -2.19. The SMILES string of the molecule is [C-]#[N+]c1c(-c2cccc(OC)c2)nc(SCc2cccc(NC(=O)Nc3cc(F)cc(F)c3)c2)[nH]c1=O. The summed E-state index contributed by atoms with van der Waals surface area (Å²) in [7, 11) is 1.52. The molecule has 3 N–H and O–H groups in total. The molecule has 0 bridgehead atoms. The van der Waals surface area contributed by atoms with Crippen LogP contribution >= 0.6 is 11.8 Å². The minimum Gasteiger partial charge on any atom is -0.497 e. The Kier molecular flexibility index (Phi) is 7.80. The summed E-state index contributed by atoms with van der Waals surface area (Å²) >= 11 is 1.25. The number of carbonyl (C=O) groups excluding carboxylic acids is 1. The summed E-state index contributed by atoms with van der Waals surface area (Å²) in [6.45, 7) is 7.40. The molecule has 0 spiro atoms. The second-order valence-corrected chi connectivity index (χ2v) is 8.60. The smallest absolute Gasteiger partial charge is 0.323 e. The van der Waals surface area contributed by atoms with Gasteiger partial charge in [0.15, 0.2) is 5.16 Å². The second-order valence-electron chi connectivity index (χ2n) is 7.64. The summed E-state index contributed by atoms with van der Waals surface area (Å²) in [6.07, 6.45) is 0. The highest BCUT2D eigenvalue weighted by Gasteiger charge is 2.15. The van der Waals surface area contributed by atoms with Crippen molar-refractivity contribution in [2.24, 2.45) is 0 Å². The van der Waals surface area contributed by atoms with E-state index in [0.29, 0.717) is 34.0 Å². The maximum atomic E-state index is 13.3. The van der Waals surface area contributed by atoms with Crippen molar-refractivity contribution in [1.29, 1.82) is 0 Å². The van der Waals surface area contributed by atoms with Crippen LogP contribution in [0.1, 0.15) is 5.56 Å². The van der Waals surface area contributed by atoms with Crippen LogP contribution in [0.4, 0.5) is 30.6 Å². The van der Waals surface area contributed by atoms with E-state index in [4.69, 9.17) is 11.3 Å². The van der Waals surface area contributed by atoms with Crippen molar-refractivity contribution < 1.29 is 18.3 Å². The molecule has 0 atom stereocenters. The van der Waals surface area contributed by atoms with Crippen molar-refractivity contribution in [1.82, 2.24) is 9.97 Å². The Labute approximate surface area is 214 Å². The summed E-state index contributed by atoms with van der Waals surface area (Å²) in [4.78, 5) is 35.3. The van der Waals surface area contributed by atoms with E-state index in [1.165, 1.54) is 18.9 Å². The number of nitrogens with one attached hydrogen (secondary N) is 3. The number of nitrogens with zero attached hydrogens (tertiary/aromatic N) is 2. The van der Waals surface area contributed by atoms with E-state index in [1.807, 2.05) is 6.07 Å². The Balaban J connectivity index is 1.48. The molecule has 0 saturated heterocycles. The number of methoxy groups -OCH3 is 1. The number of ether oxygens (including phenoxy) is 1. The van der Waals surface area contributed by atoms with E-state index in [0.717, 1.165) is 17.7 Å². The van der Waals surface area contributed by atoms with Crippen LogP contribution in [0.15, 0.2) is 76.7 Å². The Morgan fingerprint density at radius 1 is 1.05 bits per heavy atom. The van der Waals surface area contributed by atoms with Crippen molar-refractivity contribution in [3.63, 3.8) is 0 Å². The molecule has 37 heavy (non-hydrogen) atoms. The highest BCUT2D eigenvalue weighted by molar-refractivity contribution is 7.98. The number of carbonyl (C=O) groups is 1. The number of benzene rings is 3. The molecule has 186 valence electrons. The standard InChI is InChI=1S/C26H19F2N5O3S/c1-29-23-22(16-6-4-8-21(10-16)36-2)32-26(33-24(23)34)37-14-15-5-3-7-19(9-15)30-25(35)31-20-12-17(27)11-18(28)13-20/h3-13H,14H2,2H3,(H2,30,31,35)(H,32,33,34). The van der Waals surface area contributed by atoms with Gasteiger partial charge in [-0.15, -0.1) is 0 Å². The van der Waals surface area contributed by atoms with E-state index in [9.17, 15) is 18.4 Å². The molecule has 4 rings (SSSR count). The van der Waals surface area contributed by atoms with Gasteiger partial charge in [0.2, 0.25) is 0 Å². The number of H-pyrrole nitrogens is 1. The molecule has 1 heterocycles. The van der Waals surface area contributed by atoms with Crippen LogP contribution in [0, 0.1) is 18.2 Å². The van der Waals surface area contributed by atoms with Crippen LogP contribution in [0.3, 0.4) is 0 Å². The van der Waals surface area contributed by atoms with Gasteiger partial charge in [-0.3, -0.25) is 4.79 Å². The minimum atomic E-state index is -0.806. The second kappa shape index (κ2) is 11.4. The van der Waals surface area contributed by atoms with Gasteiger partial charge in [-0.25, -0.2) is 23.4 Å². The van der Waals surface area contributed by atoms with Crippen molar-refractivity contribution in [3.8, 4) is 17.0 Å². The molecule has 0 aliphatic rings. The van der Waals surface area contributed by atoms with Gasteiger partial charge < -0.3 is 20.4 Å². The summed E-state index contributed by atoms with van der Waals surface area (Å²) in [5.74, 6) is -0.648. The summed E-state index contributed by atoms with van der Waals surface area (Å²) in [6, 6.07) is 15.9. The summed E-state index contributed by atoms with van der Waals surface area (Å²) in [5.41, 5.74) is 1.40. The van der Waals surface area contributed by atoms with Crippen molar-refractivity contribution in [3.05, 3.63) is 106 Å². The van der Waals surface area contributed by atoms with Crippen LogP contribution in [-0.4, -0.2) is 23.1 Å². The first-order valence-corrected chi connectivity index (χ1v) is 11.7. The van der Waals surface area contributed by atoms with Crippen LogP contribution in [0.5, 0.6) is 5.75 Å². The fourth-order valence-electron chi connectivity index (χ4n) is 3.40. The normalized spacial score (nSPS) is 10.4. The Morgan fingerprint density at radius 3 is 2.51 bits per heavy atom. The topological polar surface area (TPSA) is 100 Å². The number of aromatic nitrogens is 2. The number of urea groups is 1. The van der Waals surface area contributed by atoms with E-state index >= 15 is 0 Å². The number of hydrogen-bond acceptors (Lipinski definition) is 5. The quantitative estimate of drug-likeness (QED) is 0.153. The van der Waals surface area contributed by atoms with Gasteiger partial charge in [0, 0.05) is 23.2 Å². The molecule has 4 aromatic rings. The fourth-order valence-corrected chi connectivity index (χ4v) is 4.20. The van der Waals surface area contributed by atoms with Gasteiger partial charge in [-0.2, -0.15) is 0 Å². The van der Waals surface area contributed by atoms with Crippen LogP contribution in [0.2, 0.25) is 0 Å². The Morgan fingerprint density at radius 2 is 1.78 bits per heavy atom. The monoisotopic (exact) mass is 519 g/mol. The number of thioether (sulfide) groups is 1. The fraction of sp³-hybridized carbons (Fsp3) is 0.0769. The number of amides is 2. The van der Waals surface area contributed by atoms with Crippen molar-refractivity contribution >= 4 is 34.9 Å². The van der Waals surface area contributed by atoms with Crippen molar-refractivity contribution in [2.75, 3.05) is 17.7 Å². The zero-order valence-corrected chi connectivity index (χ0v) is 20.2. The highest BCUT2D eigenvalue weighted by Crippen LogP contribution is 2.30. The van der Waals surface area contributed by atoms with Gasteiger partial charge in [-0.05, 0) is 47.5 Å². The number of halogens is 2. The highest BCUT2D eigenvalue weighted by atomic mass is 32.2. The molecule has 0 fully saturated rings. The lowest BCUT2D eigenvalue weighted by Gasteiger charge is -2.10.